The van der Waals surface area contributed by atoms with Gasteiger partial charge in [-0.2, -0.15) is 0 Å². The van der Waals surface area contributed by atoms with Crippen LogP contribution in [0.25, 0.3) is 0 Å². The van der Waals surface area contributed by atoms with Gasteiger partial charge in [0, 0.05) is 44.4 Å². The van der Waals surface area contributed by atoms with Crippen LogP contribution in [0, 0.1) is 5.92 Å². The number of amides is 2. The molecule has 0 bridgehead atoms. The highest BCUT2D eigenvalue weighted by atomic mass is 16.5. The number of nitrogens with one attached hydrogen (secondary N) is 3. The maximum absolute atomic E-state index is 12.6. The molecule has 8 nitrogen and oxygen atoms in total. The van der Waals surface area contributed by atoms with Crippen molar-refractivity contribution in [2.24, 2.45) is 10.9 Å². The van der Waals surface area contributed by atoms with Crippen LogP contribution in [0.3, 0.4) is 0 Å². The summed E-state index contributed by atoms with van der Waals surface area (Å²) in [5, 5.41) is 9.37. The lowest BCUT2D eigenvalue weighted by Crippen LogP contribution is -2.49. The predicted octanol–water partition coefficient (Wildman–Crippen LogP) is 1.91. The molecular formula is C25H31N5O3. The molecule has 0 spiro atoms. The number of hydrogen-bond donors (Lipinski definition) is 3. The first-order valence-electron chi connectivity index (χ1n) is 11.4. The van der Waals surface area contributed by atoms with Crippen molar-refractivity contribution in [3.8, 4) is 5.75 Å². The predicted molar refractivity (Wildman–Crippen MR) is 127 cm³/mol. The van der Waals surface area contributed by atoms with E-state index >= 15 is 0 Å². The topological polar surface area (TPSA) is 95.1 Å². The third-order valence-electron chi connectivity index (χ3n) is 5.80. The number of para-hydroxylation sites is 1. The molecule has 8 heteroatoms. The highest BCUT2D eigenvalue weighted by Gasteiger charge is 2.23. The quantitative estimate of drug-likeness (QED) is 0.423. The van der Waals surface area contributed by atoms with Crippen molar-refractivity contribution >= 4 is 17.8 Å². The molecule has 174 valence electrons. The zero-order valence-electron chi connectivity index (χ0n) is 19.0. The molecule has 0 aromatic heterocycles. The normalized spacial score (nSPS) is 16.2. The van der Waals surface area contributed by atoms with Crippen molar-refractivity contribution in [2.75, 3.05) is 33.3 Å². The summed E-state index contributed by atoms with van der Waals surface area (Å²) in [5.41, 5.74) is 2.70. The fourth-order valence-corrected chi connectivity index (χ4v) is 3.63. The van der Waals surface area contributed by atoms with Gasteiger partial charge in [-0.25, -0.2) is 0 Å². The smallest absolute Gasteiger partial charge is 0.254 e. The van der Waals surface area contributed by atoms with Crippen molar-refractivity contribution < 1.29 is 14.3 Å². The maximum Gasteiger partial charge on any atom is 0.254 e. The molecule has 2 fully saturated rings. The molecule has 0 unspecified atom stereocenters. The Labute approximate surface area is 194 Å². The highest BCUT2D eigenvalue weighted by Crippen LogP contribution is 2.30. The van der Waals surface area contributed by atoms with Gasteiger partial charge in [0.2, 0.25) is 5.91 Å². The zero-order chi connectivity index (χ0) is 23.0. The number of piperazine rings is 1. The van der Waals surface area contributed by atoms with E-state index in [2.05, 4.69) is 27.0 Å². The number of guanidine groups is 1. The minimum atomic E-state index is -0.121. The van der Waals surface area contributed by atoms with Crippen LogP contribution in [0.2, 0.25) is 0 Å². The van der Waals surface area contributed by atoms with E-state index in [1.807, 2.05) is 30.3 Å². The molecule has 0 radical (unpaired) electrons. The SMILES string of the molecule is CN=C(NCc1ccc(C(=O)N2CCNC(=O)C2)cc1)NCc1ccccc1OCC1CC1. The number of ether oxygens (including phenoxy) is 1. The van der Waals surface area contributed by atoms with Gasteiger partial charge in [0.25, 0.3) is 5.91 Å². The minimum Gasteiger partial charge on any atom is -0.493 e. The molecule has 2 aromatic rings. The fourth-order valence-electron chi connectivity index (χ4n) is 3.63. The zero-order valence-corrected chi connectivity index (χ0v) is 19.0. The number of aliphatic imine (C=N–C) groups is 1. The second-order valence-corrected chi connectivity index (χ2v) is 8.42. The monoisotopic (exact) mass is 449 g/mol. The molecule has 4 rings (SSSR count). The molecule has 0 atom stereocenters. The molecule has 2 amide bonds. The molecule has 3 N–H and O–H groups in total. The lowest BCUT2D eigenvalue weighted by Gasteiger charge is -2.26. The van der Waals surface area contributed by atoms with Gasteiger partial charge in [-0.1, -0.05) is 30.3 Å². The van der Waals surface area contributed by atoms with E-state index in [-0.39, 0.29) is 18.4 Å². The molecule has 1 aliphatic heterocycles. The van der Waals surface area contributed by atoms with Gasteiger partial charge in [0.05, 0.1) is 13.2 Å². The van der Waals surface area contributed by atoms with Crippen LogP contribution < -0.4 is 20.7 Å². The number of carbonyl (C=O) groups excluding carboxylic acids is 2. The number of hydrogen-bond acceptors (Lipinski definition) is 4. The lowest BCUT2D eigenvalue weighted by molar-refractivity contribution is -0.123. The largest absolute Gasteiger partial charge is 0.493 e. The Hall–Kier alpha value is -3.55. The summed E-state index contributed by atoms with van der Waals surface area (Å²) in [6, 6.07) is 15.5. The van der Waals surface area contributed by atoms with Gasteiger partial charge in [0.1, 0.15) is 5.75 Å². The Bertz CT molecular complexity index is 1000. The van der Waals surface area contributed by atoms with Crippen LogP contribution in [0.1, 0.15) is 34.3 Å². The summed E-state index contributed by atoms with van der Waals surface area (Å²) >= 11 is 0. The molecule has 1 aliphatic carbocycles. The van der Waals surface area contributed by atoms with Crippen LogP contribution >= 0.6 is 0 Å². The average Bonchev–Trinajstić information content (AvgIpc) is 3.68. The standard InChI is InChI=1S/C25H31N5O3/c1-26-25(29-15-21-4-2-3-5-22(21)33-17-19-6-7-19)28-14-18-8-10-20(11-9-18)24(32)30-13-12-27-23(31)16-30/h2-5,8-11,19H,6-7,12-17H2,1H3,(H,27,31)(H2,26,28,29). The minimum absolute atomic E-state index is 0.110. The van der Waals surface area contributed by atoms with E-state index in [0.717, 1.165) is 23.5 Å². The van der Waals surface area contributed by atoms with Crippen LogP contribution in [0.15, 0.2) is 53.5 Å². The fraction of sp³-hybridized carbons (Fsp3) is 0.400. The molecule has 2 aliphatic rings. The van der Waals surface area contributed by atoms with E-state index in [0.29, 0.717) is 43.6 Å². The van der Waals surface area contributed by atoms with Crippen molar-refractivity contribution in [1.29, 1.82) is 0 Å². The summed E-state index contributed by atoms with van der Waals surface area (Å²) in [4.78, 5) is 30.0. The van der Waals surface area contributed by atoms with Gasteiger partial charge in [-0.05, 0) is 42.5 Å². The van der Waals surface area contributed by atoms with Crippen LogP contribution in [-0.4, -0.2) is 56.0 Å². The van der Waals surface area contributed by atoms with Crippen LogP contribution in [0.4, 0.5) is 0 Å². The number of nitrogens with zero attached hydrogens (tertiary/aromatic N) is 2. The van der Waals surface area contributed by atoms with Gasteiger partial charge < -0.3 is 25.6 Å². The second-order valence-electron chi connectivity index (χ2n) is 8.42. The van der Waals surface area contributed by atoms with Crippen LogP contribution in [-0.2, 0) is 17.9 Å². The maximum atomic E-state index is 12.6. The Balaban J connectivity index is 1.26. The van der Waals surface area contributed by atoms with Gasteiger partial charge in [-0.3, -0.25) is 14.6 Å². The summed E-state index contributed by atoms with van der Waals surface area (Å²) in [7, 11) is 1.74. The van der Waals surface area contributed by atoms with E-state index in [9.17, 15) is 9.59 Å². The summed E-state index contributed by atoms with van der Waals surface area (Å²) in [6.45, 7) is 3.10. The van der Waals surface area contributed by atoms with Gasteiger partial charge >= 0.3 is 0 Å². The van der Waals surface area contributed by atoms with E-state index in [4.69, 9.17) is 4.74 Å². The van der Waals surface area contributed by atoms with E-state index in [1.54, 1.807) is 24.1 Å². The lowest BCUT2D eigenvalue weighted by atomic mass is 10.1. The Morgan fingerprint density at radius 1 is 1.12 bits per heavy atom. The summed E-state index contributed by atoms with van der Waals surface area (Å²) < 4.78 is 5.98. The first-order valence-corrected chi connectivity index (χ1v) is 11.4. The molecule has 2 aromatic carbocycles. The van der Waals surface area contributed by atoms with Crippen molar-refractivity contribution in [1.82, 2.24) is 20.9 Å². The first kappa shape index (κ1) is 22.6. The first-order chi connectivity index (χ1) is 16.1. The number of rotatable bonds is 8. The molecule has 1 saturated carbocycles. The number of benzene rings is 2. The Kier molecular flexibility index (Phi) is 7.44. The summed E-state index contributed by atoms with van der Waals surface area (Å²) in [5.74, 6) is 2.07. The summed E-state index contributed by atoms with van der Waals surface area (Å²) in [6.07, 6.45) is 2.53. The third kappa shape index (κ3) is 6.47. The molecule has 1 heterocycles. The van der Waals surface area contributed by atoms with E-state index < -0.39 is 0 Å². The Morgan fingerprint density at radius 2 is 1.88 bits per heavy atom. The second kappa shape index (κ2) is 10.8. The highest BCUT2D eigenvalue weighted by molar-refractivity contribution is 5.97. The van der Waals surface area contributed by atoms with Crippen molar-refractivity contribution in [3.05, 3.63) is 65.2 Å². The Morgan fingerprint density at radius 3 is 2.61 bits per heavy atom. The van der Waals surface area contributed by atoms with Crippen molar-refractivity contribution in [3.63, 3.8) is 0 Å². The van der Waals surface area contributed by atoms with Crippen LogP contribution in [0.5, 0.6) is 5.75 Å². The van der Waals surface area contributed by atoms with E-state index in [1.165, 1.54) is 12.8 Å². The molecule has 1 saturated heterocycles. The van der Waals surface area contributed by atoms with Gasteiger partial charge in [-0.15, -0.1) is 0 Å². The molecule has 33 heavy (non-hydrogen) atoms. The van der Waals surface area contributed by atoms with Crippen molar-refractivity contribution in [2.45, 2.75) is 25.9 Å². The average molecular weight is 450 g/mol. The molecular weight excluding hydrogens is 418 g/mol. The third-order valence-corrected chi connectivity index (χ3v) is 5.80. The van der Waals surface area contributed by atoms with Gasteiger partial charge in [0.15, 0.2) is 5.96 Å². The number of carbonyl (C=O) groups is 2.